The van der Waals surface area contributed by atoms with Crippen LogP contribution in [0, 0.1) is 6.92 Å². The molecular weight excluding hydrogens is 296 g/mol. The molecule has 0 spiro atoms. The Balaban J connectivity index is 2.01. The van der Waals surface area contributed by atoms with Crippen LogP contribution < -0.4 is 5.32 Å². The molecule has 0 radical (unpaired) electrons. The zero-order valence-electron chi connectivity index (χ0n) is 11.0. The molecule has 0 bridgehead atoms. The van der Waals surface area contributed by atoms with Crippen molar-refractivity contribution in [1.82, 2.24) is 4.98 Å². The summed E-state index contributed by atoms with van der Waals surface area (Å²) in [6.07, 6.45) is 0. The first kappa shape index (κ1) is 15.0. The van der Waals surface area contributed by atoms with Gasteiger partial charge >= 0.3 is 0 Å². The summed E-state index contributed by atoms with van der Waals surface area (Å²) in [5.41, 5.74) is 1.79. The van der Waals surface area contributed by atoms with E-state index in [1.54, 1.807) is 35.6 Å². The number of rotatable bonds is 6. The van der Waals surface area contributed by atoms with E-state index in [2.05, 4.69) is 10.3 Å². The minimum absolute atomic E-state index is 0.224. The van der Waals surface area contributed by atoms with Crippen molar-refractivity contribution in [2.24, 2.45) is 0 Å². The molecule has 0 atom stereocenters. The minimum Gasteiger partial charge on any atom is -0.395 e. The number of sulfone groups is 1. The van der Waals surface area contributed by atoms with Gasteiger partial charge in [0.15, 0.2) is 9.84 Å². The lowest BCUT2D eigenvalue weighted by Crippen LogP contribution is -2.10. The van der Waals surface area contributed by atoms with Crippen molar-refractivity contribution in [2.75, 3.05) is 17.7 Å². The Morgan fingerprint density at radius 1 is 1.30 bits per heavy atom. The van der Waals surface area contributed by atoms with Gasteiger partial charge in [-0.1, -0.05) is 0 Å². The van der Waals surface area contributed by atoms with Gasteiger partial charge in [0.2, 0.25) is 0 Å². The first-order chi connectivity index (χ1) is 9.51. The zero-order chi connectivity index (χ0) is 14.6. The number of aliphatic hydroxyl groups is 1. The molecule has 0 unspecified atom stereocenters. The maximum absolute atomic E-state index is 11.7. The maximum Gasteiger partial charge on any atom is 0.180 e. The fourth-order valence-corrected chi connectivity index (χ4v) is 3.34. The normalized spacial score (nSPS) is 11.5. The number of aromatic nitrogens is 1. The zero-order valence-corrected chi connectivity index (χ0v) is 12.7. The van der Waals surface area contributed by atoms with Crippen LogP contribution in [0.5, 0.6) is 0 Å². The van der Waals surface area contributed by atoms with Crippen LogP contribution in [0.25, 0.3) is 0 Å². The Bertz CT molecular complexity index is 663. The average Bonchev–Trinajstić information content (AvgIpc) is 2.83. The quantitative estimate of drug-likeness (QED) is 0.850. The van der Waals surface area contributed by atoms with Crippen LogP contribution in [0.15, 0.2) is 34.5 Å². The van der Waals surface area contributed by atoms with Crippen molar-refractivity contribution in [1.29, 1.82) is 0 Å². The number of benzene rings is 1. The monoisotopic (exact) mass is 312 g/mol. The molecule has 7 heteroatoms. The highest BCUT2D eigenvalue weighted by Gasteiger charge is 2.12. The lowest BCUT2D eigenvalue weighted by Gasteiger charge is -2.06. The molecular formula is C13H16N2O3S2. The van der Waals surface area contributed by atoms with Gasteiger partial charge in [-0.15, -0.1) is 11.3 Å². The third kappa shape index (κ3) is 3.78. The fourth-order valence-electron chi connectivity index (χ4n) is 1.70. The summed E-state index contributed by atoms with van der Waals surface area (Å²) in [6.45, 7) is 2.19. The number of thiazole rings is 1. The minimum atomic E-state index is -3.38. The first-order valence-corrected chi connectivity index (χ1v) is 8.63. The SMILES string of the molecule is Cc1nc(CNc2ccc(S(=O)(=O)CCO)cc2)cs1. The lowest BCUT2D eigenvalue weighted by atomic mass is 10.3. The van der Waals surface area contributed by atoms with E-state index in [4.69, 9.17) is 5.11 Å². The number of hydrogen-bond acceptors (Lipinski definition) is 6. The maximum atomic E-state index is 11.7. The van der Waals surface area contributed by atoms with Crippen molar-refractivity contribution in [2.45, 2.75) is 18.4 Å². The van der Waals surface area contributed by atoms with Crippen molar-refractivity contribution >= 4 is 26.9 Å². The van der Waals surface area contributed by atoms with E-state index in [1.807, 2.05) is 12.3 Å². The molecule has 108 valence electrons. The summed E-state index contributed by atoms with van der Waals surface area (Å²) in [6, 6.07) is 6.51. The second-order valence-electron chi connectivity index (χ2n) is 4.28. The third-order valence-corrected chi connectivity index (χ3v) is 5.25. The summed E-state index contributed by atoms with van der Waals surface area (Å²) in [4.78, 5) is 4.56. The van der Waals surface area contributed by atoms with Crippen LogP contribution in [0.1, 0.15) is 10.7 Å². The van der Waals surface area contributed by atoms with Crippen molar-refractivity contribution in [3.05, 3.63) is 40.3 Å². The molecule has 1 heterocycles. The molecule has 0 aliphatic heterocycles. The van der Waals surface area contributed by atoms with Gasteiger partial charge < -0.3 is 10.4 Å². The molecule has 0 aliphatic carbocycles. The third-order valence-electron chi connectivity index (χ3n) is 2.71. The smallest absolute Gasteiger partial charge is 0.180 e. The summed E-state index contributed by atoms with van der Waals surface area (Å²) in [7, 11) is -3.38. The molecule has 1 aromatic heterocycles. The Hall–Kier alpha value is -1.44. The summed E-state index contributed by atoms with van der Waals surface area (Å²) >= 11 is 1.60. The second-order valence-corrected chi connectivity index (χ2v) is 7.45. The molecule has 0 aliphatic rings. The summed E-state index contributed by atoms with van der Waals surface area (Å²) < 4.78 is 23.5. The molecule has 0 fully saturated rings. The molecule has 1 aromatic carbocycles. The van der Waals surface area contributed by atoms with E-state index in [-0.39, 0.29) is 17.3 Å². The van der Waals surface area contributed by atoms with Gasteiger partial charge in [-0.2, -0.15) is 0 Å². The number of nitrogens with zero attached hydrogens (tertiary/aromatic N) is 1. The van der Waals surface area contributed by atoms with Crippen molar-refractivity contribution < 1.29 is 13.5 Å². The van der Waals surface area contributed by atoms with E-state index in [1.165, 1.54) is 0 Å². The highest BCUT2D eigenvalue weighted by atomic mass is 32.2. The topological polar surface area (TPSA) is 79.3 Å². The van der Waals surface area contributed by atoms with Gasteiger partial charge in [0.25, 0.3) is 0 Å². The van der Waals surface area contributed by atoms with E-state index in [0.717, 1.165) is 16.4 Å². The van der Waals surface area contributed by atoms with Crippen molar-refractivity contribution in [3.63, 3.8) is 0 Å². The molecule has 0 saturated carbocycles. The average molecular weight is 312 g/mol. The van der Waals surface area contributed by atoms with Gasteiger partial charge in [0.1, 0.15) is 0 Å². The van der Waals surface area contributed by atoms with Crippen molar-refractivity contribution in [3.8, 4) is 0 Å². The standard InChI is InChI=1S/C13H16N2O3S2/c1-10-15-12(9-19-10)8-14-11-2-4-13(5-3-11)20(17,18)7-6-16/h2-5,9,14,16H,6-8H2,1H3. The number of anilines is 1. The Labute approximate surface area is 122 Å². The predicted octanol–water partition coefficient (Wildman–Crippen LogP) is 1.83. The highest BCUT2D eigenvalue weighted by molar-refractivity contribution is 7.91. The number of aliphatic hydroxyl groups excluding tert-OH is 1. The first-order valence-electron chi connectivity index (χ1n) is 6.10. The molecule has 2 aromatic rings. The van der Waals surface area contributed by atoms with Gasteiger partial charge in [-0.25, -0.2) is 13.4 Å². The fraction of sp³-hybridized carbons (Fsp3) is 0.308. The van der Waals surface area contributed by atoms with E-state index >= 15 is 0 Å². The van der Waals surface area contributed by atoms with E-state index in [0.29, 0.717) is 6.54 Å². The number of hydrogen-bond donors (Lipinski definition) is 2. The Kier molecular flexibility index (Phi) is 4.74. The van der Waals surface area contributed by atoms with Crippen LogP contribution in [0.2, 0.25) is 0 Å². The molecule has 0 amide bonds. The Morgan fingerprint density at radius 3 is 2.55 bits per heavy atom. The molecule has 2 rings (SSSR count). The number of aryl methyl sites for hydroxylation is 1. The van der Waals surface area contributed by atoms with Gasteiger partial charge in [0.05, 0.1) is 34.5 Å². The molecule has 20 heavy (non-hydrogen) atoms. The molecule has 0 saturated heterocycles. The van der Waals surface area contributed by atoms with Crippen LogP contribution in [-0.2, 0) is 16.4 Å². The van der Waals surface area contributed by atoms with Gasteiger partial charge in [0, 0.05) is 11.1 Å². The predicted molar refractivity (Wildman–Crippen MR) is 79.8 cm³/mol. The lowest BCUT2D eigenvalue weighted by molar-refractivity contribution is 0.319. The summed E-state index contributed by atoms with van der Waals surface area (Å²) in [5, 5.41) is 14.9. The summed E-state index contributed by atoms with van der Waals surface area (Å²) in [5.74, 6) is -0.252. The van der Waals surface area contributed by atoms with E-state index in [9.17, 15) is 8.42 Å². The van der Waals surface area contributed by atoms with Crippen LogP contribution >= 0.6 is 11.3 Å². The largest absolute Gasteiger partial charge is 0.395 e. The van der Waals surface area contributed by atoms with Crippen LogP contribution in [-0.4, -0.2) is 30.9 Å². The second kappa shape index (κ2) is 6.34. The Morgan fingerprint density at radius 2 is 2.00 bits per heavy atom. The van der Waals surface area contributed by atoms with E-state index < -0.39 is 9.84 Å². The van der Waals surface area contributed by atoms with Crippen LogP contribution in [0.3, 0.4) is 0 Å². The van der Waals surface area contributed by atoms with Gasteiger partial charge in [-0.3, -0.25) is 0 Å². The molecule has 5 nitrogen and oxygen atoms in total. The van der Waals surface area contributed by atoms with Gasteiger partial charge in [-0.05, 0) is 31.2 Å². The molecule has 2 N–H and O–H groups in total. The highest BCUT2D eigenvalue weighted by Crippen LogP contribution is 2.16. The number of nitrogens with one attached hydrogen (secondary N) is 1. The van der Waals surface area contributed by atoms with Crippen LogP contribution in [0.4, 0.5) is 5.69 Å².